The number of carbonyl (C=O) groups is 2. The fourth-order valence-corrected chi connectivity index (χ4v) is 4.71. The van der Waals surface area contributed by atoms with Crippen LogP contribution in [0.1, 0.15) is 22.7 Å². The van der Waals surface area contributed by atoms with Crippen molar-refractivity contribution in [1.82, 2.24) is 15.1 Å². The second-order valence-electron chi connectivity index (χ2n) is 9.62. The molecule has 0 saturated heterocycles. The highest BCUT2D eigenvalue weighted by Crippen LogP contribution is 2.30. The predicted octanol–water partition coefficient (Wildman–Crippen LogP) is 6.75. The Balaban J connectivity index is 1.18. The maximum Gasteiger partial charge on any atom is 0.331 e. The van der Waals surface area contributed by atoms with E-state index in [1.54, 1.807) is 10.8 Å². The first kappa shape index (κ1) is 26.5. The Labute approximate surface area is 242 Å². The number of hydrogen-bond acceptors (Lipinski definition) is 5. The summed E-state index contributed by atoms with van der Waals surface area (Å²) in [4.78, 5) is 25.5. The zero-order valence-corrected chi connectivity index (χ0v) is 22.6. The number of carbonyl (C=O) groups excluding carboxylic acids is 2. The van der Waals surface area contributed by atoms with Gasteiger partial charge in [0.05, 0.1) is 11.7 Å². The van der Waals surface area contributed by atoms with Gasteiger partial charge in [0.15, 0.2) is 12.4 Å². The van der Waals surface area contributed by atoms with Crippen LogP contribution in [0.4, 0.5) is 0 Å². The van der Waals surface area contributed by atoms with Gasteiger partial charge in [-0.25, -0.2) is 9.48 Å². The Morgan fingerprint density at radius 2 is 1.45 bits per heavy atom. The lowest BCUT2D eigenvalue weighted by atomic mass is 9.99. The Kier molecular flexibility index (Phi) is 7.72. The number of rotatable bonds is 9. The van der Waals surface area contributed by atoms with Crippen LogP contribution < -0.4 is 5.32 Å². The molecule has 0 bridgehead atoms. The van der Waals surface area contributed by atoms with E-state index >= 15 is 0 Å². The van der Waals surface area contributed by atoms with Crippen LogP contribution in [0, 0.1) is 0 Å². The number of fused-ring (bicyclic) bond motifs is 1. The van der Waals surface area contributed by atoms with Gasteiger partial charge >= 0.3 is 5.97 Å². The van der Waals surface area contributed by atoms with Gasteiger partial charge in [0.25, 0.3) is 5.91 Å². The first-order valence-corrected chi connectivity index (χ1v) is 13.5. The molecule has 0 radical (unpaired) electrons. The van der Waals surface area contributed by atoms with E-state index < -0.39 is 18.5 Å². The van der Waals surface area contributed by atoms with Gasteiger partial charge in [0.1, 0.15) is 11.3 Å². The van der Waals surface area contributed by atoms with E-state index in [-0.39, 0.29) is 6.04 Å². The van der Waals surface area contributed by atoms with E-state index in [1.807, 2.05) is 128 Å². The van der Waals surface area contributed by atoms with Crippen LogP contribution in [0.3, 0.4) is 0 Å². The van der Waals surface area contributed by atoms with Gasteiger partial charge < -0.3 is 14.5 Å². The Hall–Kier alpha value is -5.69. The average Bonchev–Trinajstić information content (AvgIpc) is 3.67. The third-order valence-electron chi connectivity index (χ3n) is 6.74. The molecule has 0 fully saturated rings. The van der Waals surface area contributed by atoms with Gasteiger partial charge in [-0.2, -0.15) is 5.10 Å². The molecule has 4 aromatic carbocycles. The van der Waals surface area contributed by atoms with Crippen molar-refractivity contribution in [3.05, 3.63) is 150 Å². The number of hydrogen-bond donors (Lipinski definition) is 1. The van der Waals surface area contributed by atoms with E-state index in [2.05, 4.69) is 5.32 Å². The standard InChI is InChI=1S/C35H27N3O4/c39-32(36-34(25-12-4-1-5-13-25)26-14-6-2-7-15-26)24-41-33(40)21-20-28-23-38(29-17-8-3-9-18-29)37-35(28)31-22-27-16-10-11-19-30(27)42-31/h1-23,34H,24H2,(H,36,39). The van der Waals surface area contributed by atoms with Crippen LogP contribution in [0.5, 0.6) is 0 Å². The Bertz CT molecular complexity index is 1770. The number of para-hydroxylation sites is 2. The molecule has 42 heavy (non-hydrogen) atoms. The minimum Gasteiger partial charge on any atom is -0.454 e. The molecule has 7 heteroatoms. The van der Waals surface area contributed by atoms with Crippen molar-refractivity contribution in [3.63, 3.8) is 0 Å². The molecular weight excluding hydrogens is 526 g/mol. The van der Waals surface area contributed by atoms with Gasteiger partial charge in [0.2, 0.25) is 0 Å². The minimum absolute atomic E-state index is 0.371. The summed E-state index contributed by atoms with van der Waals surface area (Å²) in [5.74, 6) is -0.482. The summed E-state index contributed by atoms with van der Waals surface area (Å²) >= 11 is 0. The lowest BCUT2D eigenvalue weighted by Gasteiger charge is -2.19. The summed E-state index contributed by atoms with van der Waals surface area (Å²) in [6.45, 7) is -0.418. The number of nitrogens with one attached hydrogen (secondary N) is 1. The summed E-state index contributed by atoms with van der Waals surface area (Å²) in [7, 11) is 0. The van der Waals surface area contributed by atoms with Crippen molar-refractivity contribution in [1.29, 1.82) is 0 Å². The number of nitrogens with zero attached hydrogens (tertiary/aromatic N) is 2. The van der Waals surface area contributed by atoms with Gasteiger partial charge in [-0.05, 0) is 41.5 Å². The first-order chi connectivity index (χ1) is 20.6. The number of esters is 1. The van der Waals surface area contributed by atoms with Crippen molar-refractivity contribution in [2.75, 3.05) is 6.61 Å². The Morgan fingerprint density at radius 3 is 2.12 bits per heavy atom. The van der Waals surface area contributed by atoms with Crippen molar-refractivity contribution in [3.8, 4) is 17.1 Å². The summed E-state index contributed by atoms with van der Waals surface area (Å²) in [5, 5.41) is 8.67. The van der Waals surface area contributed by atoms with Crippen LogP contribution in [-0.2, 0) is 14.3 Å². The van der Waals surface area contributed by atoms with Gasteiger partial charge in [-0.15, -0.1) is 0 Å². The molecule has 0 aliphatic carbocycles. The molecule has 2 heterocycles. The van der Waals surface area contributed by atoms with Crippen LogP contribution in [0.15, 0.2) is 138 Å². The smallest absolute Gasteiger partial charge is 0.331 e. The fraction of sp³-hybridized carbons (Fsp3) is 0.0571. The Morgan fingerprint density at radius 1 is 0.833 bits per heavy atom. The molecule has 0 aliphatic rings. The molecule has 1 N–H and O–H groups in total. The van der Waals surface area contributed by atoms with E-state index in [4.69, 9.17) is 14.3 Å². The van der Waals surface area contributed by atoms with E-state index in [9.17, 15) is 9.59 Å². The quantitative estimate of drug-likeness (QED) is 0.158. The molecule has 7 nitrogen and oxygen atoms in total. The molecule has 6 aromatic rings. The largest absolute Gasteiger partial charge is 0.454 e. The molecule has 0 aliphatic heterocycles. The highest BCUT2D eigenvalue weighted by molar-refractivity contribution is 5.91. The monoisotopic (exact) mass is 553 g/mol. The highest BCUT2D eigenvalue weighted by Gasteiger charge is 2.18. The maximum atomic E-state index is 12.8. The van der Waals surface area contributed by atoms with Crippen LogP contribution >= 0.6 is 0 Å². The molecule has 6 rings (SSSR count). The SMILES string of the molecule is O=C(COC(=O)C=Cc1cn(-c2ccccc2)nc1-c1cc2ccccc2o1)NC(c1ccccc1)c1ccccc1. The van der Waals surface area contributed by atoms with Crippen molar-refractivity contribution in [2.24, 2.45) is 0 Å². The van der Waals surface area contributed by atoms with E-state index in [0.717, 1.165) is 27.8 Å². The third kappa shape index (κ3) is 6.05. The summed E-state index contributed by atoms with van der Waals surface area (Å²) < 4.78 is 13.1. The van der Waals surface area contributed by atoms with Crippen LogP contribution in [0.25, 0.3) is 34.2 Å². The van der Waals surface area contributed by atoms with Crippen molar-refractivity contribution < 1.29 is 18.7 Å². The van der Waals surface area contributed by atoms with Gasteiger partial charge in [-0.1, -0.05) is 97.1 Å². The average molecular weight is 554 g/mol. The summed E-state index contributed by atoms with van der Waals surface area (Å²) in [6.07, 6.45) is 4.72. The highest BCUT2D eigenvalue weighted by atomic mass is 16.5. The zero-order chi connectivity index (χ0) is 28.7. The number of aromatic nitrogens is 2. The van der Waals surface area contributed by atoms with Crippen LogP contribution in [-0.4, -0.2) is 28.3 Å². The van der Waals surface area contributed by atoms with Gasteiger partial charge in [-0.3, -0.25) is 4.79 Å². The zero-order valence-electron chi connectivity index (χ0n) is 22.6. The third-order valence-corrected chi connectivity index (χ3v) is 6.74. The topological polar surface area (TPSA) is 86.4 Å². The minimum atomic E-state index is -0.649. The van der Waals surface area contributed by atoms with E-state index in [1.165, 1.54) is 6.08 Å². The first-order valence-electron chi connectivity index (χ1n) is 13.5. The molecule has 1 amide bonds. The molecule has 206 valence electrons. The molecule has 0 unspecified atom stereocenters. The fourth-order valence-electron chi connectivity index (χ4n) is 4.71. The number of benzene rings is 4. The molecule has 2 aromatic heterocycles. The second-order valence-corrected chi connectivity index (χ2v) is 9.62. The molecule has 0 spiro atoms. The summed E-state index contributed by atoms with van der Waals surface area (Å²) in [5.41, 5.74) is 4.69. The number of ether oxygens (including phenoxy) is 1. The molecule has 0 atom stereocenters. The van der Waals surface area contributed by atoms with Crippen LogP contribution in [0.2, 0.25) is 0 Å². The predicted molar refractivity (Wildman–Crippen MR) is 162 cm³/mol. The van der Waals surface area contributed by atoms with Crippen molar-refractivity contribution in [2.45, 2.75) is 6.04 Å². The normalized spacial score (nSPS) is 11.3. The van der Waals surface area contributed by atoms with E-state index in [0.29, 0.717) is 17.0 Å². The second kappa shape index (κ2) is 12.2. The number of amides is 1. The lowest BCUT2D eigenvalue weighted by molar-refractivity contribution is -0.143. The molecule has 0 saturated carbocycles. The number of furan rings is 1. The molecular formula is C35H27N3O4. The van der Waals surface area contributed by atoms with Crippen molar-refractivity contribution >= 4 is 28.9 Å². The van der Waals surface area contributed by atoms with Gasteiger partial charge in [0, 0.05) is 23.2 Å². The maximum absolute atomic E-state index is 12.8. The summed E-state index contributed by atoms with van der Waals surface area (Å²) in [6, 6.07) is 38.2. The lowest BCUT2D eigenvalue weighted by Crippen LogP contribution is -2.32.